The van der Waals surface area contributed by atoms with E-state index in [-0.39, 0.29) is 5.03 Å². The predicted octanol–water partition coefficient (Wildman–Crippen LogP) is 2.57. The monoisotopic (exact) mass is 441 g/mol. The number of aromatic amines is 1. The van der Waals surface area contributed by atoms with E-state index >= 15 is 0 Å². The van der Waals surface area contributed by atoms with Crippen molar-refractivity contribution in [2.75, 3.05) is 42.7 Å². The third-order valence-corrected chi connectivity index (χ3v) is 7.12. The van der Waals surface area contributed by atoms with Crippen molar-refractivity contribution in [3.05, 3.63) is 30.1 Å². The second-order valence-corrected chi connectivity index (χ2v) is 10.3. The molecule has 10 heteroatoms. The summed E-state index contributed by atoms with van der Waals surface area (Å²) in [5.74, 6) is 1.40. The lowest BCUT2D eigenvalue weighted by atomic mass is 10.0. The van der Waals surface area contributed by atoms with Gasteiger partial charge < -0.3 is 20.5 Å². The lowest BCUT2D eigenvalue weighted by molar-refractivity contribution is 0.589. The number of sulfone groups is 1. The maximum Gasteiger partial charge on any atom is 0.230 e. The maximum absolute atomic E-state index is 12.1. The molecule has 1 saturated heterocycles. The van der Waals surface area contributed by atoms with Crippen molar-refractivity contribution >= 4 is 38.3 Å². The van der Waals surface area contributed by atoms with E-state index in [1.165, 1.54) is 6.26 Å². The van der Waals surface area contributed by atoms with Crippen molar-refractivity contribution in [1.29, 1.82) is 0 Å². The number of H-pyrrole nitrogens is 1. The van der Waals surface area contributed by atoms with Gasteiger partial charge in [0, 0.05) is 43.7 Å². The highest BCUT2D eigenvalue weighted by molar-refractivity contribution is 7.90. The van der Waals surface area contributed by atoms with Crippen LogP contribution in [-0.4, -0.2) is 60.8 Å². The van der Waals surface area contributed by atoms with Gasteiger partial charge in [0.25, 0.3) is 0 Å². The van der Waals surface area contributed by atoms with E-state index in [1.807, 2.05) is 18.3 Å². The molecule has 1 aliphatic carbocycles. The van der Waals surface area contributed by atoms with E-state index in [2.05, 4.69) is 30.5 Å². The fourth-order valence-electron chi connectivity index (χ4n) is 4.46. The highest BCUT2D eigenvalue weighted by atomic mass is 32.2. The smallest absolute Gasteiger partial charge is 0.230 e. The number of rotatable bonds is 5. The Bertz CT molecular complexity index is 1180. The second-order valence-electron chi connectivity index (χ2n) is 8.35. The molecule has 3 aromatic rings. The molecule has 9 nitrogen and oxygen atoms in total. The van der Waals surface area contributed by atoms with Crippen molar-refractivity contribution in [2.45, 2.75) is 36.6 Å². The standard InChI is InChI=1S/C21H27N7O2S/c1-31(29,30)18-12-16-19(14-4-2-3-5-14)26-21(27-20(16)25-18)24-17-7-6-15(13-23-17)28-10-8-22-9-11-28/h6-7,12-14,22H,2-5,8-11H2,1H3,(H2,23,24,25,26,27). The van der Waals surface area contributed by atoms with Crippen LogP contribution >= 0.6 is 0 Å². The molecule has 0 amide bonds. The lowest BCUT2D eigenvalue weighted by Crippen LogP contribution is -2.43. The van der Waals surface area contributed by atoms with Crippen LogP contribution < -0.4 is 15.5 Å². The lowest BCUT2D eigenvalue weighted by Gasteiger charge is -2.29. The van der Waals surface area contributed by atoms with Gasteiger partial charge in [-0.3, -0.25) is 0 Å². The van der Waals surface area contributed by atoms with Crippen LogP contribution in [0.1, 0.15) is 37.3 Å². The van der Waals surface area contributed by atoms with E-state index in [0.717, 1.165) is 68.6 Å². The van der Waals surface area contributed by atoms with Crippen molar-refractivity contribution in [3.8, 4) is 0 Å². The second kappa shape index (κ2) is 8.08. The quantitative estimate of drug-likeness (QED) is 0.553. The fraction of sp³-hybridized carbons (Fsp3) is 0.476. The predicted molar refractivity (Wildman–Crippen MR) is 121 cm³/mol. The van der Waals surface area contributed by atoms with Crippen LogP contribution in [0.4, 0.5) is 17.5 Å². The largest absolute Gasteiger partial charge is 0.368 e. The first-order chi connectivity index (χ1) is 15.0. The zero-order valence-electron chi connectivity index (χ0n) is 17.6. The normalized spacial score (nSPS) is 18.0. The van der Waals surface area contributed by atoms with Crippen molar-refractivity contribution in [3.63, 3.8) is 0 Å². The summed E-state index contributed by atoms with van der Waals surface area (Å²) in [5.41, 5.74) is 2.54. The molecule has 0 radical (unpaired) electrons. The molecule has 0 aromatic carbocycles. The van der Waals surface area contributed by atoms with Gasteiger partial charge in [0.15, 0.2) is 9.84 Å². The Morgan fingerprint density at radius 3 is 2.58 bits per heavy atom. The summed E-state index contributed by atoms with van der Waals surface area (Å²) in [6.45, 7) is 3.88. The SMILES string of the molecule is CS(=O)(=O)c1cc2c(C3CCCC3)nc(Nc3ccc(N4CCNCC4)cn3)nc2[nH]1. The van der Waals surface area contributed by atoms with Crippen LogP contribution in [0.15, 0.2) is 29.4 Å². The number of nitrogens with zero attached hydrogens (tertiary/aromatic N) is 4. The highest BCUT2D eigenvalue weighted by Gasteiger charge is 2.24. The van der Waals surface area contributed by atoms with Gasteiger partial charge in [-0.2, -0.15) is 4.98 Å². The summed E-state index contributed by atoms with van der Waals surface area (Å²) in [4.78, 5) is 19.2. The van der Waals surface area contributed by atoms with Gasteiger partial charge in [-0.15, -0.1) is 0 Å². The molecular weight excluding hydrogens is 414 g/mol. The molecule has 31 heavy (non-hydrogen) atoms. The summed E-state index contributed by atoms with van der Waals surface area (Å²) < 4.78 is 24.1. The Morgan fingerprint density at radius 2 is 1.90 bits per heavy atom. The molecule has 4 heterocycles. The van der Waals surface area contributed by atoms with E-state index in [1.54, 1.807) is 6.07 Å². The molecule has 2 aliphatic rings. The number of aromatic nitrogens is 4. The van der Waals surface area contributed by atoms with E-state index in [9.17, 15) is 8.42 Å². The topological polar surface area (TPSA) is 116 Å². The van der Waals surface area contributed by atoms with Crippen LogP contribution in [0, 0.1) is 0 Å². The average molecular weight is 442 g/mol. The number of pyridine rings is 1. The van der Waals surface area contributed by atoms with E-state index < -0.39 is 9.84 Å². The molecule has 0 spiro atoms. The van der Waals surface area contributed by atoms with Gasteiger partial charge in [0.05, 0.1) is 17.6 Å². The van der Waals surface area contributed by atoms with Gasteiger partial charge in [-0.05, 0) is 31.0 Å². The van der Waals surface area contributed by atoms with Crippen molar-refractivity contribution in [1.82, 2.24) is 25.3 Å². The molecule has 0 atom stereocenters. The van der Waals surface area contributed by atoms with Crippen LogP contribution in [0.5, 0.6) is 0 Å². The summed E-state index contributed by atoms with van der Waals surface area (Å²) in [6.07, 6.45) is 7.50. The zero-order chi connectivity index (χ0) is 21.4. The fourth-order valence-corrected chi connectivity index (χ4v) is 5.07. The van der Waals surface area contributed by atoms with Gasteiger partial charge in [-0.25, -0.2) is 18.4 Å². The molecule has 1 saturated carbocycles. The Labute approximate surface area is 181 Å². The average Bonchev–Trinajstić information content (AvgIpc) is 3.44. The first-order valence-corrected chi connectivity index (χ1v) is 12.7. The van der Waals surface area contributed by atoms with Crippen LogP contribution in [0.25, 0.3) is 11.0 Å². The Balaban J connectivity index is 1.46. The van der Waals surface area contributed by atoms with Crippen molar-refractivity contribution in [2.24, 2.45) is 0 Å². The van der Waals surface area contributed by atoms with E-state index in [0.29, 0.717) is 23.3 Å². The zero-order valence-corrected chi connectivity index (χ0v) is 18.4. The van der Waals surface area contributed by atoms with Gasteiger partial charge >= 0.3 is 0 Å². The molecule has 5 rings (SSSR count). The number of hydrogen-bond acceptors (Lipinski definition) is 8. The molecule has 2 fully saturated rings. The van der Waals surface area contributed by atoms with Crippen molar-refractivity contribution < 1.29 is 8.42 Å². The molecular formula is C21H27N7O2S. The summed E-state index contributed by atoms with van der Waals surface area (Å²) in [7, 11) is -3.36. The minimum atomic E-state index is -3.36. The molecule has 0 unspecified atom stereocenters. The summed E-state index contributed by atoms with van der Waals surface area (Å²) >= 11 is 0. The minimum absolute atomic E-state index is 0.173. The minimum Gasteiger partial charge on any atom is -0.368 e. The Hall–Kier alpha value is -2.72. The highest BCUT2D eigenvalue weighted by Crippen LogP contribution is 2.37. The first kappa shape index (κ1) is 20.2. The molecule has 3 N–H and O–H groups in total. The van der Waals surface area contributed by atoms with Gasteiger partial charge in [0.1, 0.15) is 16.5 Å². The third kappa shape index (κ3) is 4.22. The number of piperazine rings is 1. The van der Waals surface area contributed by atoms with Crippen LogP contribution in [-0.2, 0) is 9.84 Å². The van der Waals surface area contributed by atoms with Crippen LogP contribution in [0.3, 0.4) is 0 Å². The number of anilines is 3. The number of nitrogens with one attached hydrogen (secondary N) is 3. The maximum atomic E-state index is 12.1. The first-order valence-electron chi connectivity index (χ1n) is 10.8. The molecule has 164 valence electrons. The Kier molecular flexibility index (Phi) is 5.27. The molecule has 3 aromatic heterocycles. The molecule has 0 bridgehead atoms. The summed E-state index contributed by atoms with van der Waals surface area (Å²) in [5, 5.41) is 7.52. The third-order valence-electron chi connectivity index (χ3n) is 6.10. The molecule has 1 aliphatic heterocycles. The van der Waals surface area contributed by atoms with Crippen LogP contribution in [0.2, 0.25) is 0 Å². The van der Waals surface area contributed by atoms with Gasteiger partial charge in [0.2, 0.25) is 5.95 Å². The number of fused-ring (bicyclic) bond motifs is 1. The van der Waals surface area contributed by atoms with Gasteiger partial charge in [-0.1, -0.05) is 12.8 Å². The summed E-state index contributed by atoms with van der Waals surface area (Å²) in [6, 6.07) is 5.65. The number of hydrogen-bond donors (Lipinski definition) is 3. The Morgan fingerprint density at radius 1 is 1.13 bits per heavy atom. The van der Waals surface area contributed by atoms with E-state index in [4.69, 9.17) is 4.98 Å².